The summed E-state index contributed by atoms with van der Waals surface area (Å²) in [7, 11) is 1.86. The zero-order valence-electron chi connectivity index (χ0n) is 11.2. The van der Waals surface area contributed by atoms with Crippen molar-refractivity contribution < 1.29 is 8.78 Å². The van der Waals surface area contributed by atoms with Gasteiger partial charge < -0.3 is 5.32 Å². The summed E-state index contributed by atoms with van der Waals surface area (Å²) in [6.07, 6.45) is 1.72. The van der Waals surface area contributed by atoms with Crippen LogP contribution in [-0.2, 0) is 7.05 Å². The van der Waals surface area contributed by atoms with Crippen molar-refractivity contribution in [3.05, 3.63) is 53.4 Å². The molecule has 3 nitrogen and oxygen atoms in total. The number of hydrogen-bond donors (Lipinski definition) is 1. The molecule has 2 rings (SSSR count). The molecule has 0 amide bonds. The SMILES string of the molecule is CC(NC(C)c1ccnn1C)c1ccc(F)cc1F. The van der Waals surface area contributed by atoms with Crippen molar-refractivity contribution in [3.63, 3.8) is 0 Å². The van der Waals surface area contributed by atoms with Gasteiger partial charge >= 0.3 is 0 Å². The van der Waals surface area contributed by atoms with Crippen molar-refractivity contribution in [2.24, 2.45) is 7.05 Å². The fraction of sp³-hybridized carbons (Fsp3) is 0.357. The van der Waals surface area contributed by atoms with E-state index in [1.165, 1.54) is 12.1 Å². The van der Waals surface area contributed by atoms with Gasteiger partial charge in [-0.25, -0.2) is 8.78 Å². The van der Waals surface area contributed by atoms with Crippen LogP contribution in [0.3, 0.4) is 0 Å². The van der Waals surface area contributed by atoms with Gasteiger partial charge in [-0.2, -0.15) is 5.10 Å². The van der Waals surface area contributed by atoms with Crippen LogP contribution in [0.25, 0.3) is 0 Å². The van der Waals surface area contributed by atoms with Crippen molar-refractivity contribution >= 4 is 0 Å². The summed E-state index contributed by atoms with van der Waals surface area (Å²) in [5.41, 5.74) is 1.46. The number of halogens is 2. The van der Waals surface area contributed by atoms with Crippen LogP contribution in [0.1, 0.15) is 37.2 Å². The molecule has 0 radical (unpaired) electrons. The molecule has 0 fully saturated rings. The smallest absolute Gasteiger partial charge is 0.130 e. The summed E-state index contributed by atoms with van der Waals surface area (Å²) in [4.78, 5) is 0. The van der Waals surface area contributed by atoms with Crippen molar-refractivity contribution in [1.29, 1.82) is 0 Å². The number of aryl methyl sites for hydroxylation is 1. The Morgan fingerprint density at radius 2 is 1.89 bits per heavy atom. The molecular formula is C14H17F2N3. The zero-order chi connectivity index (χ0) is 14.0. The number of hydrogen-bond acceptors (Lipinski definition) is 2. The van der Waals surface area contributed by atoms with Crippen LogP contribution < -0.4 is 5.32 Å². The summed E-state index contributed by atoms with van der Waals surface area (Å²) in [6.45, 7) is 3.83. The third-order valence-electron chi connectivity index (χ3n) is 3.23. The number of benzene rings is 1. The van der Waals surface area contributed by atoms with E-state index in [2.05, 4.69) is 10.4 Å². The molecule has 102 valence electrons. The Kier molecular flexibility index (Phi) is 3.95. The highest BCUT2D eigenvalue weighted by atomic mass is 19.1. The van der Waals surface area contributed by atoms with Crippen molar-refractivity contribution in [1.82, 2.24) is 15.1 Å². The summed E-state index contributed by atoms with van der Waals surface area (Å²) in [5.74, 6) is -1.09. The van der Waals surface area contributed by atoms with Crippen molar-refractivity contribution in [3.8, 4) is 0 Å². The predicted molar refractivity (Wildman–Crippen MR) is 69.5 cm³/mol. The normalized spacial score (nSPS) is 14.4. The molecule has 5 heteroatoms. The maximum absolute atomic E-state index is 13.7. The standard InChI is InChI=1S/C14H17F2N3/c1-9(12-5-4-11(15)8-13(12)16)18-10(2)14-6-7-17-19(14)3/h4-10,18H,1-3H3. The topological polar surface area (TPSA) is 29.9 Å². The molecule has 19 heavy (non-hydrogen) atoms. The number of nitrogens with one attached hydrogen (secondary N) is 1. The number of nitrogens with zero attached hydrogens (tertiary/aromatic N) is 2. The highest BCUT2D eigenvalue weighted by Gasteiger charge is 2.16. The van der Waals surface area contributed by atoms with Gasteiger partial charge in [0, 0.05) is 37.0 Å². The van der Waals surface area contributed by atoms with Crippen molar-refractivity contribution in [2.75, 3.05) is 0 Å². The van der Waals surface area contributed by atoms with E-state index in [0.717, 1.165) is 11.8 Å². The Bertz CT molecular complexity index is 566. The van der Waals surface area contributed by atoms with Gasteiger partial charge in [-0.1, -0.05) is 6.07 Å². The van der Waals surface area contributed by atoms with Gasteiger partial charge in [0.05, 0.1) is 5.69 Å². The maximum Gasteiger partial charge on any atom is 0.130 e. The first-order valence-electron chi connectivity index (χ1n) is 6.18. The van der Waals surface area contributed by atoms with Gasteiger partial charge in [-0.15, -0.1) is 0 Å². The van der Waals surface area contributed by atoms with Gasteiger partial charge in [0.1, 0.15) is 11.6 Å². The van der Waals surface area contributed by atoms with Crippen LogP contribution in [0.15, 0.2) is 30.5 Å². The Balaban J connectivity index is 2.13. The third kappa shape index (κ3) is 2.98. The van der Waals surface area contributed by atoms with E-state index < -0.39 is 11.6 Å². The average molecular weight is 265 g/mol. The lowest BCUT2D eigenvalue weighted by molar-refractivity contribution is 0.452. The molecule has 1 heterocycles. The minimum atomic E-state index is -0.562. The van der Waals surface area contributed by atoms with Crippen LogP contribution in [-0.4, -0.2) is 9.78 Å². The summed E-state index contributed by atoms with van der Waals surface area (Å²) >= 11 is 0. The first-order valence-corrected chi connectivity index (χ1v) is 6.18. The molecule has 1 N–H and O–H groups in total. The molecule has 0 bridgehead atoms. The van der Waals surface area contributed by atoms with E-state index in [4.69, 9.17) is 0 Å². The number of rotatable bonds is 4. The second-order valence-electron chi connectivity index (χ2n) is 4.66. The third-order valence-corrected chi connectivity index (χ3v) is 3.23. The molecule has 2 aromatic rings. The van der Waals surface area contributed by atoms with Gasteiger partial charge in [0.2, 0.25) is 0 Å². The summed E-state index contributed by atoms with van der Waals surface area (Å²) in [5, 5.41) is 7.38. The lowest BCUT2D eigenvalue weighted by Crippen LogP contribution is -2.25. The van der Waals surface area contributed by atoms with Crippen LogP contribution in [0.4, 0.5) is 8.78 Å². The van der Waals surface area contributed by atoms with E-state index in [1.807, 2.05) is 27.0 Å². The molecule has 0 aliphatic heterocycles. The van der Waals surface area contributed by atoms with Gasteiger partial charge in [0.25, 0.3) is 0 Å². The van der Waals surface area contributed by atoms with E-state index in [1.54, 1.807) is 10.9 Å². The minimum Gasteiger partial charge on any atom is -0.302 e. The molecule has 2 atom stereocenters. The molecule has 1 aromatic carbocycles. The van der Waals surface area contributed by atoms with Crippen LogP contribution in [0.2, 0.25) is 0 Å². The van der Waals surface area contributed by atoms with Gasteiger partial charge in [-0.05, 0) is 26.0 Å². The molecule has 1 aromatic heterocycles. The minimum absolute atomic E-state index is 0.0203. The highest BCUT2D eigenvalue weighted by molar-refractivity contribution is 5.22. The number of aromatic nitrogens is 2. The monoisotopic (exact) mass is 265 g/mol. The van der Waals surface area contributed by atoms with Crippen LogP contribution in [0.5, 0.6) is 0 Å². The average Bonchev–Trinajstić information content (AvgIpc) is 2.75. The molecule has 0 saturated heterocycles. The predicted octanol–water partition coefficient (Wildman–Crippen LogP) is 3.11. The second-order valence-corrected chi connectivity index (χ2v) is 4.66. The van der Waals surface area contributed by atoms with Gasteiger partial charge in [0.15, 0.2) is 0 Å². The lowest BCUT2D eigenvalue weighted by Gasteiger charge is -2.21. The molecular weight excluding hydrogens is 248 g/mol. The van der Waals surface area contributed by atoms with Crippen LogP contribution in [0, 0.1) is 11.6 Å². The summed E-state index contributed by atoms with van der Waals surface area (Å²) < 4.78 is 28.3. The quantitative estimate of drug-likeness (QED) is 0.920. The van der Waals surface area contributed by atoms with Gasteiger partial charge in [-0.3, -0.25) is 4.68 Å². The first-order chi connectivity index (χ1) is 8.99. The Morgan fingerprint density at radius 3 is 2.47 bits per heavy atom. The second kappa shape index (κ2) is 5.48. The fourth-order valence-corrected chi connectivity index (χ4v) is 2.21. The molecule has 0 aliphatic rings. The summed E-state index contributed by atoms with van der Waals surface area (Å²) in [6, 6.07) is 5.36. The maximum atomic E-state index is 13.7. The fourth-order valence-electron chi connectivity index (χ4n) is 2.21. The van der Waals surface area contributed by atoms with E-state index in [9.17, 15) is 8.78 Å². The van der Waals surface area contributed by atoms with E-state index in [-0.39, 0.29) is 12.1 Å². The molecule has 2 unspecified atom stereocenters. The molecule has 0 aliphatic carbocycles. The molecule has 0 spiro atoms. The largest absolute Gasteiger partial charge is 0.302 e. The zero-order valence-corrected chi connectivity index (χ0v) is 11.2. The molecule has 0 saturated carbocycles. The van der Waals surface area contributed by atoms with E-state index >= 15 is 0 Å². The van der Waals surface area contributed by atoms with Crippen LogP contribution >= 0.6 is 0 Å². The Morgan fingerprint density at radius 1 is 1.16 bits per heavy atom. The Labute approximate surface area is 111 Å². The first kappa shape index (κ1) is 13.7. The van der Waals surface area contributed by atoms with E-state index in [0.29, 0.717) is 5.56 Å². The van der Waals surface area contributed by atoms with Crippen molar-refractivity contribution in [2.45, 2.75) is 25.9 Å². The Hall–Kier alpha value is -1.75. The highest BCUT2D eigenvalue weighted by Crippen LogP contribution is 2.21. The lowest BCUT2D eigenvalue weighted by atomic mass is 10.1.